The normalized spacial score (nSPS) is 10.9. The van der Waals surface area contributed by atoms with Gasteiger partial charge >= 0.3 is 0 Å². The van der Waals surface area contributed by atoms with Crippen LogP contribution in [0.5, 0.6) is 0 Å². The molecule has 100 valence electrons. The average Bonchev–Trinajstić information content (AvgIpc) is 2.86. The molecule has 2 heterocycles. The van der Waals surface area contributed by atoms with E-state index in [2.05, 4.69) is 9.97 Å². The second-order valence-corrected chi connectivity index (χ2v) is 5.03. The third kappa shape index (κ3) is 1.94. The number of nitrogens with one attached hydrogen (secondary N) is 1. The molecule has 0 bridgehead atoms. The number of hydrogen-bond donors (Lipinski definition) is 2. The molecular weight excluding hydrogens is 274 g/mol. The second-order valence-electron chi connectivity index (χ2n) is 4.62. The van der Waals surface area contributed by atoms with Crippen LogP contribution in [-0.4, -0.2) is 15.8 Å². The summed E-state index contributed by atoms with van der Waals surface area (Å²) in [5, 5.41) is 1.14. The standard InChI is InChI=1S/C15H12ClN3O/c1-8-2-3-9(6-12(8)17)14(20)10-7-19-15-13(10)11(16)4-5-18-15/h2-7H,17H2,1H3,(H,18,19). The topological polar surface area (TPSA) is 71.8 Å². The van der Waals surface area contributed by atoms with Crippen molar-refractivity contribution in [2.45, 2.75) is 6.92 Å². The van der Waals surface area contributed by atoms with Crippen LogP contribution in [0, 0.1) is 6.92 Å². The fourth-order valence-electron chi connectivity index (χ4n) is 2.13. The highest BCUT2D eigenvalue weighted by Crippen LogP contribution is 2.27. The molecule has 0 aliphatic rings. The number of rotatable bonds is 2. The third-order valence-corrected chi connectivity index (χ3v) is 3.62. The van der Waals surface area contributed by atoms with Crippen molar-refractivity contribution in [2.75, 3.05) is 5.73 Å². The summed E-state index contributed by atoms with van der Waals surface area (Å²) in [5.41, 5.74) is 9.03. The lowest BCUT2D eigenvalue weighted by molar-refractivity contribution is 0.104. The minimum absolute atomic E-state index is 0.127. The fourth-order valence-corrected chi connectivity index (χ4v) is 2.38. The van der Waals surface area contributed by atoms with Gasteiger partial charge in [0.1, 0.15) is 5.65 Å². The molecule has 3 aromatic rings. The molecule has 0 aliphatic heterocycles. The molecule has 0 unspecified atom stereocenters. The summed E-state index contributed by atoms with van der Waals surface area (Å²) in [7, 11) is 0. The SMILES string of the molecule is Cc1ccc(C(=O)c2c[nH]c3nccc(Cl)c23)cc1N. The number of carbonyl (C=O) groups excluding carboxylic acids is 1. The third-order valence-electron chi connectivity index (χ3n) is 3.31. The summed E-state index contributed by atoms with van der Waals surface area (Å²) >= 11 is 6.15. The van der Waals surface area contributed by atoms with Gasteiger partial charge in [-0.3, -0.25) is 4.79 Å². The van der Waals surface area contributed by atoms with E-state index < -0.39 is 0 Å². The van der Waals surface area contributed by atoms with Crippen LogP contribution in [0.25, 0.3) is 11.0 Å². The number of anilines is 1. The summed E-state index contributed by atoms with van der Waals surface area (Å²) in [6, 6.07) is 6.94. The molecule has 0 spiro atoms. The Morgan fingerprint density at radius 1 is 1.35 bits per heavy atom. The number of benzene rings is 1. The van der Waals surface area contributed by atoms with E-state index in [1.165, 1.54) is 0 Å². The number of halogens is 1. The Hall–Kier alpha value is -2.33. The van der Waals surface area contributed by atoms with Crippen LogP contribution in [-0.2, 0) is 0 Å². The van der Waals surface area contributed by atoms with E-state index >= 15 is 0 Å². The quantitative estimate of drug-likeness (QED) is 0.560. The average molecular weight is 286 g/mol. The Balaban J connectivity index is 2.15. The van der Waals surface area contributed by atoms with Gasteiger partial charge in [-0.1, -0.05) is 23.7 Å². The minimum atomic E-state index is -0.127. The lowest BCUT2D eigenvalue weighted by Crippen LogP contribution is -2.02. The van der Waals surface area contributed by atoms with Crippen molar-refractivity contribution in [2.24, 2.45) is 0 Å². The number of carbonyl (C=O) groups is 1. The Morgan fingerprint density at radius 3 is 2.90 bits per heavy atom. The number of nitrogens with two attached hydrogens (primary N) is 1. The van der Waals surface area contributed by atoms with Crippen LogP contribution in [0.3, 0.4) is 0 Å². The monoisotopic (exact) mass is 285 g/mol. The van der Waals surface area contributed by atoms with Crippen LogP contribution in [0.1, 0.15) is 21.5 Å². The van der Waals surface area contributed by atoms with E-state index in [-0.39, 0.29) is 5.78 Å². The number of nitrogens with zero attached hydrogens (tertiary/aromatic N) is 1. The molecule has 0 radical (unpaired) electrons. The molecule has 0 atom stereocenters. The first-order chi connectivity index (χ1) is 9.58. The van der Waals surface area contributed by atoms with E-state index in [9.17, 15) is 4.79 Å². The number of aryl methyl sites for hydroxylation is 1. The van der Waals surface area contributed by atoms with Crippen molar-refractivity contribution in [1.82, 2.24) is 9.97 Å². The lowest BCUT2D eigenvalue weighted by atomic mass is 10.0. The van der Waals surface area contributed by atoms with E-state index in [1.54, 1.807) is 30.6 Å². The van der Waals surface area contributed by atoms with Crippen LogP contribution in [0.2, 0.25) is 5.02 Å². The largest absolute Gasteiger partial charge is 0.398 e. The molecule has 3 rings (SSSR count). The maximum atomic E-state index is 12.6. The van der Waals surface area contributed by atoms with Gasteiger partial charge in [-0.15, -0.1) is 0 Å². The molecule has 1 aromatic carbocycles. The van der Waals surface area contributed by atoms with Crippen molar-refractivity contribution < 1.29 is 4.79 Å². The first-order valence-electron chi connectivity index (χ1n) is 6.10. The Morgan fingerprint density at radius 2 is 2.15 bits per heavy atom. The zero-order chi connectivity index (χ0) is 14.3. The highest BCUT2D eigenvalue weighted by Gasteiger charge is 2.17. The first-order valence-corrected chi connectivity index (χ1v) is 6.48. The molecule has 0 saturated carbocycles. The Labute approximate surface area is 120 Å². The zero-order valence-corrected chi connectivity index (χ0v) is 11.5. The number of aromatic amines is 1. The number of aromatic nitrogens is 2. The molecule has 4 nitrogen and oxygen atoms in total. The van der Waals surface area contributed by atoms with Gasteiger partial charge < -0.3 is 10.7 Å². The van der Waals surface area contributed by atoms with Crippen molar-refractivity contribution >= 4 is 34.1 Å². The number of ketones is 1. The maximum Gasteiger partial charge on any atom is 0.195 e. The molecule has 20 heavy (non-hydrogen) atoms. The first kappa shape index (κ1) is 12.7. The van der Waals surface area contributed by atoms with Crippen molar-refractivity contribution in [3.8, 4) is 0 Å². The lowest BCUT2D eigenvalue weighted by Gasteiger charge is -2.04. The van der Waals surface area contributed by atoms with Crippen molar-refractivity contribution in [1.29, 1.82) is 0 Å². The molecule has 2 aromatic heterocycles. The van der Waals surface area contributed by atoms with Crippen LogP contribution in [0.15, 0.2) is 36.7 Å². The predicted molar refractivity (Wildman–Crippen MR) is 80.1 cm³/mol. The van der Waals surface area contributed by atoms with E-state index in [0.29, 0.717) is 32.9 Å². The number of pyridine rings is 1. The van der Waals surface area contributed by atoms with E-state index in [0.717, 1.165) is 5.56 Å². The summed E-state index contributed by atoms with van der Waals surface area (Å²) in [6.07, 6.45) is 3.22. The minimum Gasteiger partial charge on any atom is -0.398 e. The molecule has 3 N–H and O–H groups in total. The number of hydrogen-bond acceptors (Lipinski definition) is 3. The smallest absolute Gasteiger partial charge is 0.195 e. The summed E-state index contributed by atoms with van der Waals surface area (Å²) < 4.78 is 0. The second kappa shape index (κ2) is 4.65. The summed E-state index contributed by atoms with van der Waals surface area (Å²) in [5.74, 6) is -0.127. The van der Waals surface area contributed by atoms with Gasteiger partial charge in [-0.05, 0) is 24.6 Å². The van der Waals surface area contributed by atoms with Gasteiger partial charge in [0.2, 0.25) is 0 Å². The summed E-state index contributed by atoms with van der Waals surface area (Å²) in [6.45, 7) is 1.90. The summed E-state index contributed by atoms with van der Waals surface area (Å²) in [4.78, 5) is 19.7. The molecule has 0 saturated heterocycles. The Kier molecular flexibility index (Phi) is 2.95. The van der Waals surface area contributed by atoms with Crippen molar-refractivity contribution in [3.05, 3.63) is 58.4 Å². The fraction of sp³-hybridized carbons (Fsp3) is 0.0667. The van der Waals surface area contributed by atoms with Gasteiger partial charge in [-0.25, -0.2) is 4.98 Å². The predicted octanol–water partition coefficient (Wildman–Crippen LogP) is 3.34. The van der Waals surface area contributed by atoms with Crippen LogP contribution < -0.4 is 5.73 Å². The number of nitrogen functional groups attached to an aromatic ring is 1. The van der Waals surface area contributed by atoms with Crippen molar-refractivity contribution in [3.63, 3.8) is 0 Å². The Bertz CT molecular complexity index is 823. The molecule has 0 amide bonds. The highest BCUT2D eigenvalue weighted by molar-refractivity contribution is 6.37. The molecular formula is C15H12ClN3O. The number of fused-ring (bicyclic) bond motifs is 1. The van der Waals surface area contributed by atoms with Gasteiger partial charge in [0.05, 0.1) is 10.6 Å². The maximum absolute atomic E-state index is 12.6. The van der Waals surface area contributed by atoms with Crippen LogP contribution >= 0.6 is 11.6 Å². The molecule has 0 fully saturated rings. The highest BCUT2D eigenvalue weighted by atomic mass is 35.5. The number of H-pyrrole nitrogens is 1. The van der Waals surface area contributed by atoms with Gasteiger partial charge in [-0.2, -0.15) is 0 Å². The molecule has 0 aliphatic carbocycles. The molecule has 5 heteroatoms. The van der Waals surface area contributed by atoms with E-state index in [1.807, 2.05) is 13.0 Å². The van der Waals surface area contributed by atoms with Crippen LogP contribution in [0.4, 0.5) is 5.69 Å². The van der Waals surface area contributed by atoms with Gasteiger partial charge in [0.15, 0.2) is 5.78 Å². The van der Waals surface area contributed by atoms with Gasteiger partial charge in [0.25, 0.3) is 0 Å². The van der Waals surface area contributed by atoms with E-state index in [4.69, 9.17) is 17.3 Å². The zero-order valence-electron chi connectivity index (χ0n) is 10.8. The van der Waals surface area contributed by atoms with Gasteiger partial charge in [0, 0.05) is 29.0 Å².